The van der Waals surface area contributed by atoms with E-state index >= 15 is 0 Å². The Labute approximate surface area is 143 Å². The number of benzene rings is 1. The Hall–Kier alpha value is -2.12. The average Bonchev–Trinajstić information content (AvgIpc) is 2.51. The molecule has 1 amide bonds. The molecular formula is C17H21F4NO3. The van der Waals surface area contributed by atoms with Gasteiger partial charge in [-0.2, -0.15) is 13.2 Å². The molecule has 8 heteroatoms. The number of amides is 1. The highest BCUT2D eigenvalue weighted by atomic mass is 19.4. The molecule has 0 aliphatic rings. The van der Waals surface area contributed by atoms with Crippen LogP contribution in [0.5, 0.6) is 0 Å². The molecule has 4 nitrogen and oxygen atoms in total. The van der Waals surface area contributed by atoms with Crippen molar-refractivity contribution in [1.82, 2.24) is 5.32 Å². The third-order valence-corrected chi connectivity index (χ3v) is 4.35. The van der Waals surface area contributed by atoms with Gasteiger partial charge in [0.05, 0.1) is 17.9 Å². The fourth-order valence-corrected chi connectivity index (χ4v) is 2.61. The van der Waals surface area contributed by atoms with Gasteiger partial charge in [0.25, 0.3) is 0 Å². The smallest absolute Gasteiger partial charge is 0.391 e. The Balaban J connectivity index is 2.99. The summed E-state index contributed by atoms with van der Waals surface area (Å²) in [7, 11) is 0. The predicted molar refractivity (Wildman–Crippen MR) is 83.2 cm³/mol. The van der Waals surface area contributed by atoms with Gasteiger partial charge in [-0.1, -0.05) is 26.0 Å². The molecule has 1 rings (SSSR count). The van der Waals surface area contributed by atoms with E-state index in [1.54, 1.807) is 13.8 Å². The van der Waals surface area contributed by atoms with Crippen molar-refractivity contribution < 1.29 is 32.3 Å². The molecule has 140 valence electrons. The first-order chi connectivity index (χ1) is 11.5. The quantitative estimate of drug-likeness (QED) is 0.680. The minimum absolute atomic E-state index is 0.0981. The van der Waals surface area contributed by atoms with Crippen LogP contribution in [-0.2, 0) is 9.59 Å². The summed E-state index contributed by atoms with van der Waals surface area (Å²) in [5.74, 6) is -2.56. The second kappa shape index (κ2) is 8.31. The normalized spacial score (nSPS) is 13.4. The predicted octanol–water partition coefficient (Wildman–Crippen LogP) is 4.22. The molecular weight excluding hydrogens is 342 g/mol. The highest BCUT2D eigenvalue weighted by Crippen LogP contribution is 2.33. The highest BCUT2D eigenvalue weighted by molar-refractivity contribution is 5.85. The topological polar surface area (TPSA) is 66.4 Å². The summed E-state index contributed by atoms with van der Waals surface area (Å²) in [6.07, 6.45) is -5.96. The fourth-order valence-electron chi connectivity index (χ4n) is 2.61. The Bertz CT molecular complexity index is 595. The van der Waals surface area contributed by atoms with Gasteiger partial charge in [0, 0.05) is 6.42 Å². The summed E-state index contributed by atoms with van der Waals surface area (Å²) in [6, 6.07) is 2.93. The average molecular weight is 363 g/mol. The minimum atomic E-state index is -4.55. The van der Waals surface area contributed by atoms with Gasteiger partial charge in [-0.25, -0.2) is 4.39 Å². The van der Waals surface area contributed by atoms with E-state index in [4.69, 9.17) is 0 Å². The maximum atomic E-state index is 13.0. The van der Waals surface area contributed by atoms with Gasteiger partial charge in [-0.05, 0) is 30.5 Å². The summed E-state index contributed by atoms with van der Waals surface area (Å²) in [5.41, 5.74) is -1.23. The molecule has 1 aromatic carbocycles. The van der Waals surface area contributed by atoms with Crippen LogP contribution in [0, 0.1) is 11.2 Å². The van der Waals surface area contributed by atoms with Crippen LogP contribution in [-0.4, -0.2) is 23.2 Å². The summed E-state index contributed by atoms with van der Waals surface area (Å²) < 4.78 is 51.4. The second-order valence-electron chi connectivity index (χ2n) is 5.96. The summed E-state index contributed by atoms with van der Waals surface area (Å²) >= 11 is 0. The number of carbonyl (C=O) groups excluding carboxylic acids is 1. The molecule has 0 saturated heterocycles. The zero-order valence-corrected chi connectivity index (χ0v) is 14.0. The van der Waals surface area contributed by atoms with Crippen LogP contribution in [0.25, 0.3) is 0 Å². The lowest BCUT2D eigenvalue weighted by atomic mass is 9.79. The van der Waals surface area contributed by atoms with Gasteiger partial charge in [0.2, 0.25) is 5.91 Å². The maximum Gasteiger partial charge on any atom is 0.391 e. The lowest BCUT2D eigenvalue weighted by molar-refractivity contribution is -0.154. The van der Waals surface area contributed by atoms with Gasteiger partial charge in [-0.15, -0.1) is 0 Å². The molecule has 25 heavy (non-hydrogen) atoms. The van der Waals surface area contributed by atoms with E-state index in [2.05, 4.69) is 5.32 Å². The van der Waals surface area contributed by atoms with Crippen molar-refractivity contribution in [3.8, 4) is 0 Å². The van der Waals surface area contributed by atoms with Crippen molar-refractivity contribution in [3.63, 3.8) is 0 Å². The van der Waals surface area contributed by atoms with Gasteiger partial charge in [0.1, 0.15) is 5.82 Å². The number of rotatable bonds is 8. The van der Waals surface area contributed by atoms with Crippen molar-refractivity contribution in [2.45, 2.75) is 51.7 Å². The molecule has 1 atom stereocenters. The van der Waals surface area contributed by atoms with Gasteiger partial charge < -0.3 is 10.4 Å². The van der Waals surface area contributed by atoms with E-state index in [9.17, 15) is 32.3 Å². The highest BCUT2D eigenvalue weighted by Gasteiger charge is 2.39. The molecule has 0 aliphatic carbocycles. The standard InChI is InChI=1S/C17H21F4NO3/c1-3-16(4-2,15(24)25)10-14(23)22-13(9-17(19,20)21)11-5-7-12(18)8-6-11/h5-8,13H,3-4,9-10H2,1-2H3,(H,22,23)(H,24,25). The first-order valence-electron chi connectivity index (χ1n) is 7.88. The number of aliphatic carboxylic acids is 1. The van der Waals surface area contributed by atoms with Crippen LogP contribution in [0.15, 0.2) is 24.3 Å². The van der Waals surface area contributed by atoms with Gasteiger partial charge in [0.15, 0.2) is 0 Å². The van der Waals surface area contributed by atoms with Gasteiger partial charge >= 0.3 is 12.1 Å². The molecule has 0 aliphatic heterocycles. The van der Waals surface area contributed by atoms with Crippen LogP contribution >= 0.6 is 0 Å². The number of nitrogens with one attached hydrogen (secondary N) is 1. The van der Waals surface area contributed by atoms with Crippen LogP contribution in [0.4, 0.5) is 17.6 Å². The minimum Gasteiger partial charge on any atom is -0.481 e. The summed E-state index contributed by atoms with van der Waals surface area (Å²) in [6.45, 7) is 3.22. The number of hydrogen-bond acceptors (Lipinski definition) is 2. The molecule has 0 fully saturated rings. The zero-order chi connectivity index (χ0) is 19.3. The van der Waals surface area contributed by atoms with E-state index in [-0.39, 0.29) is 18.4 Å². The van der Waals surface area contributed by atoms with E-state index in [1.807, 2.05) is 0 Å². The van der Waals surface area contributed by atoms with Crippen molar-refractivity contribution in [2.75, 3.05) is 0 Å². The van der Waals surface area contributed by atoms with E-state index in [0.29, 0.717) is 0 Å². The second-order valence-corrected chi connectivity index (χ2v) is 5.96. The molecule has 0 aromatic heterocycles. The Morgan fingerprint density at radius 1 is 1.12 bits per heavy atom. The lowest BCUT2D eigenvalue weighted by Crippen LogP contribution is -2.39. The summed E-state index contributed by atoms with van der Waals surface area (Å²) in [4.78, 5) is 23.6. The Morgan fingerprint density at radius 2 is 1.64 bits per heavy atom. The van der Waals surface area contributed by atoms with Crippen LogP contribution in [0.3, 0.4) is 0 Å². The number of carboxylic acid groups (broad SMARTS) is 1. The number of hydrogen-bond donors (Lipinski definition) is 2. The Kier molecular flexibility index (Phi) is 6.96. The monoisotopic (exact) mass is 363 g/mol. The lowest BCUT2D eigenvalue weighted by Gasteiger charge is -2.28. The molecule has 0 bridgehead atoms. The molecule has 1 aromatic rings. The first kappa shape index (κ1) is 20.9. The molecule has 0 saturated carbocycles. The van der Waals surface area contributed by atoms with E-state index in [1.165, 1.54) is 0 Å². The largest absolute Gasteiger partial charge is 0.481 e. The number of carbonyl (C=O) groups is 2. The molecule has 2 N–H and O–H groups in total. The van der Waals surface area contributed by atoms with Crippen molar-refractivity contribution >= 4 is 11.9 Å². The van der Waals surface area contributed by atoms with E-state index in [0.717, 1.165) is 24.3 Å². The third kappa shape index (κ3) is 6.03. The molecule has 0 spiro atoms. The number of carboxylic acids is 1. The maximum absolute atomic E-state index is 13.0. The number of alkyl halides is 3. The molecule has 1 unspecified atom stereocenters. The third-order valence-electron chi connectivity index (χ3n) is 4.35. The first-order valence-corrected chi connectivity index (χ1v) is 7.88. The van der Waals surface area contributed by atoms with Crippen molar-refractivity contribution in [2.24, 2.45) is 5.41 Å². The van der Waals surface area contributed by atoms with Crippen molar-refractivity contribution in [3.05, 3.63) is 35.6 Å². The van der Waals surface area contributed by atoms with Crippen molar-refractivity contribution in [1.29, 1.82) is 0 Å². The summed E-state index contributed by atoms with van der Waals surface area (Å²) in [5, 5.41) is 11.6. The van der Waals surface area contributed by atoms with Gasteiger partial charge in [-0.3, -0.25) is 9.59 Å². The van der Waals surface area contributed by atoms with Crippen LogP contribution in [0.1, 0.15) is 51.1 Å². The van der Waals surface area contributed by atoms with Crippen LogP contribution in [0.2, 0.25) is 0 Å². The van der Waals surface area contributed by atoms with E-state index < -0.39 is 48.2 Å². The Morgan fingerprint density at radius 3 is 2.04 bits per heavy atom. The van der Waals surface area contributed by atoms with Crippen LogP contribution < -0.4 is 5.32 Å². The zero-order valence-electron chi connectivity index (χ0n) is 14.0. The molecule has 0 heterocycles. The number of halogens is 4. The molecule has 0 radical (unpaired) electrons. The SMILES string of the molecule is CCC(CC)(CC(=O)NC(CC(F)(F)F)c1ccc(F)cc1)C(=O)O. The fraction of sp³-hybridized carbons (Fsp3) is 0.529.